The average molecular weight is 306 g/mol. The zero-order valence-corrected chi connectivity index (χ0v) is 13.0. The Bertz CT molecular complexity index is 749. The van der Waals surface area contributed by atoms with Crippen LogP contribution in [0.3, 0.4) is 0 Å². The minimum absolute atomic E-state index is 0.241. The monoisotopic (exact) mass is 306 g/mol. The van der Waals surface area contributed by atoms with Crippen molar-refractivity contribution in [1.29, 1.82) is 0 Å². The van der Waals surface area contributed by atoms with Crippen molar-refractivity contribution in [2.24, 2.45) is 5.84 Å². The van der Waals surface area contributed by atoms with Crippen molar-refractivity contribution < 1.29 is 8.42 Å². The second-order valence-electron chi connectivity index (χ2n) is 4.85. The fraction of sp³-hybridized carbons (Fsp3) is 0.214. The first-order valence-electron chi connectivity index (χ1n) is 6.38. The molecule has 0 amide bonds. The summed E-state index contributed by atoms with van der Waals surface area (Å²) in [6, 6.07) is 8.54. The van der Waals surface area contributed by atoms with Crippen molar-refractivity contribution in [3.05, 3.63) is 47.2 Å². The summed E-state index contributed by atoms with van der Waals surface area (Å²) in [7, 11) is -3.70. The van der Waals surface area contributed by atoms with Crippen molar-refractivity contribution in [1.82, 2.24) is 4.98 Å². The molecule has 0 saturated heterocycles. The highest BCUT2D eigenvalue weighted by molar-refractivity contribution is 7.92. The molecule has 4 N–H and O–H groups in total. The number of nitrogens with two attached hydrogens (primary N) is 1. The van der Waals surface area contributed by atoms with Crippen LogP contribution in [0.2, 0.25) is 0 Å². The number of rotatable bonds is 4. The van der Waals surface area contributed by atoms with Gasteiger partial charge in [0.05, 0.1) is 4.90 Å². The zero-order chi connectivity index (χ0) is 15.6. The van der Waals surface area contributed by atoms with Crippen LogP contribution in [0.1, 0.15) is 16.8 Å². The Balaban J connectivity index is 2.45. The fourth-order valence-electron chi connectivity index (χ4n) is 2.25. The van der Waals surface area contributed by atoms with Gasteiger partial charge in [0, 0.05) is 11.4 Å². The van der Waals surface area contributed by atoms with E-state index < -0.39 is 10.0 Å². The minimum Gasteiger partial charge on any atom is -0.324 e. The van der Waals surface area contributed by atoms with E-state index in [4.69, 9.17) is 5.84 Å². The maximum Gasteiger partial charge on any atom is 0.263 e. The van der Waals surface area contributed by atoms with E-state index in [1.165, 1.54) is 0 Å². The number of hydrogen-bond donors (Lipinski definition) is 3. The number of hydrogen-bond acceptors (Lipinski definition) is 5. The summed E-state index contributed by atoms with van der Waals surface area (Å²) in [4.78, 5) is 4.39. The number of hydrazine groups is 1. The molecule has 2 rings (SSSR count). The minimum atomic E-state index is -3.70. The molecule has 0 unspecified atom stereocenters. The second kappa shape index (κ2) is 5.71. The van der Waals surface area contributed by atoms with Crippen molar-refractivity contribution in [3.63, 3.8) is 0 Å². The molecule has 0 saturated carbocycles. The topological polar surface area (TPSA) is 97.1 Å². The molecule has 1 aromatic carbocycles. The number of pyridine rings is 1. The molecule has 112 valence electrons. The Hall–Kier alpha value is -2.12. The van der Waals surface area contributed by atoms with Gasteiger partial charge in [-0.2, -0.15) is 0 Å². The van der Waals surface area contributed by atoms with E-state index in [1.54, 1.807) is 51.1 Å². The molecule has 2 aromatic rings. The maximum atomic E-state index is 12.6. The molecule has 0 atom stereocenters. The van der Waals surface area contributed by atoms with E-state index in [0.29, 0.717) is 22.6 Å². The van der Waals surface area contributed by atoms with E-state index in [0.717, 1.165) is 5.69 Å². The molecule has 0 spiro atoms. The highest BCUT2D eigenvalue weighted by atomic mass is 32.2. The van der Waals surface area contributed by atoms with Gasteiger partial charge in [-0.3, -0.25) is 10.6 Å². The van der Waals surface area contributed by atoms with Crippen molar-refractivity contribution in [2.75, 3.05) is 10.1 Å². The number of sulfonamides is 1. The van der Waals surface area contributed by atoms with Gasteiger partial charge in [-0.15, -0.1) is 0 Å². The number of nitrogens with zero attached hydrogens (tertiary/aromatic N) is 1. The zero-order valence-electron chi connectivity index (χ0n) is 12.1. The Kier molecular flexibility index (Phi) is 4.15. The van der Waals surface area contributed by atoms with Gasteiger partial charge in [-0.05, 0) is 56.2 Å². The average Bonchev–Trinajstić information content (AvgIpc) is 2.36. The Labute approximate surface area is 124 Å². The predicted molar refractivity (Wildman–Crippen MR) is 83.5 cm³/mol. The van der Waals surface area contributed by atoms with Gasteiger partial charge in [0.15, 0.2) is 0 Å². The molecule has 0 aliphatic carbocycles. The molecular weight excluding hydrogens is 288 g/mol. The van der Waals surface area contributed by atoms with E-state index in [1.807, 2.05) is 0 Å². The second-order valence-corrected chi connectivity index (χ2v) is 6.47. The third-order valence-corrected chi connectivity index (χ3v) is 4.68. The molecule has 0 radical (unpaired) electrons. The summed E-state index contributed by atoms with van der Waals surface area (Å²) in [6.07, 6.45) is 0. The lowest BCUT2D eigenvalue weighted by Gasteiger charge is -2.14. The molecule has 0 aliphatic heterocycles. The summed E-state index contributed by atoms with van der Waals surface area (Å²) < 4.78 is 27.6. The Morgan fingerprint density at radius 1 is 1.10 bits per heavy atom. The van der Waals surface area contributed by atoms with Crippen LogP contribution < -0.4 is 16.0 Å². The molecular formula is C14H18N4O2S. The lowest BCUT2D eigenvalue weighted by Crippen LogP contribution is -2.17. The smallest absolute Gasteiger partial charge is 0.263 e. The number of benzene rings is 1. The van der Waals surface area contributed by atoms with E-state index in [2.05, 4.69) is 15.1 Å². The van der Waals surface area contributed by atoms with Gasteiger partial charge >= 0.3 is 0 Å². The van der Waals surface area contributed by atoms with Gasteiger partial charge < -0.3 is 5.43 Å². The number of aryl methyl sites for hydroxylation is 3. The van der Waals surface area contributed by atoms with Gasteiger partial charge in [0.25, 0.3) is 10.0 Å². The van der Waals surface area contributed by atoms with Crippen LogP contribution in [0.25, 0.3) is 0 Å². The lowest BCUT2D eigenvalue weighted by molar-refractivity contribution is 0.600. The van der Waals surface area contributed by atoms with Crippen molar-refractivity contribution >= 4 is 21.5 Å². The van der Waals surface area contributed by atoms with E-state index in [-0.39, 0.29) is 4.90 Å². The first-order valence-corrected chi connectivity index (χ1v) is 7.86. The Morgan fingerprint density at radius 3 is 2.24 bits per heavy atom. The molecule has 1 aromatic heterocycles. The molecule has 1 heterocycles. The number of aromatic nitrogens is 1. The summed E-state index contributed by atoms with van der Waals surface area (Å²) in [5.74, 6) is 5.66. The van der Waals surface area contributed by atoms with Crippen LogP contribution in [0, 0.1) is 20.8 Å². The SMILES string of the molecule is Cc1cccc(NS(=O)(=O)c2c(C)cc(NN)cc2C)n1. The first kappa shape index (κ1) is 15.3. The molecule has 21 heavy (non-hydrogen) atoms. The largest absolute Gasteiger partial charge is 0.324 e. The van der Waals surface area contributed by atoms with Crippen LogP contribution in [0.5, 0.6) is 0 Å². The van der Waals surface area contributed by atoms with Gasteiger partial charge in [0.2, 0.25) is 0 Å². The molecule has 0 aliphatic rings. The van der Waals surface area contributed by atoms with Gasteiger partial charge in [-0.25, -0.2) is 13.4 Å². The standard InChI is InChI=1S/C14H18N4O2S/c1-9-7-12(17-15)8-10(2)14(9)21(19,20)18-13-6-4-5-11(3)16-13/h4-8,17H,15H2,1-3H3,(H,16,18). The normalized spacial score (nSPS) is 11.2. The van der Waals surface area contributed by atoms with Gasteiger partial charge in [0.1, 0.15) is 5.82 Å². The summed E-state index contributed by atoms with van der Waals surface area (Å²) >= 11 is 0. The molecule has 6 nitrogen and oxygen atoms in total. The first-order chi connectivity index (χ1) is 9.83. The van der Waals surface area contributed by atoms with Crippen LogP contribution in [-0.2, 0) is 10.0 Å². The third kappa shape index (κ3) is 3.32. The van der Waals surface area contributed by atoms with Crippen LogP contribution in [0.4, 0.5) is 11.5 Å². The maximum absolute atomic E-state index is 12.6. The van der Waals surface area contributed by atoms with Crippen molar-refractivity contribution in [2.45, 2.75) is 25.7 Å². The van der Waals surface area contributed by atoms with Gasteiger partial charge in [-0.1, -0.05) is 6.07 Å². The predicted octanol–water partition coefficient (Wildman–Crippen LogP) is 2.09. The summed E-state index contributed by atoms with van der Waals surface area (Å²) in [5.41, 5.74) is 5.15. The molecule has 0 fully saturated rings. The fourth-order valence-corrected chi connectivity index (χ4v) is 3.70. The Morgan fingerprint density at radius 2 is 1.71 bits per heavy atom. The van der Waals surface area contributed by atoms with Crippen molar-refractivity contribution in [3.8, 4) is 0 Å². The number of anilines is 2. The lowest BCUT2D eigenvalue weighted by atomic mass is 10.1. The van der Waals surface area contributed by atoms with Crippen LogP contribution in [0.15, 0.2) is 35.2 Å². The molecule has 0 bridgehead atoms. The molecule has 7 heteroatoms. The third-order valence-electron chi connectivity index (χ3n) is 3.02. The van der Waals surface area contributed by atoms with Crippen LogP contribution in [-0.4, -0.2) is 13.4 Å². The highest BCUT2D eigenvalue weighted by Crippen LogP contribution is 2.25. The number of nitrogen functional groups attached to an aromatic ring is 1. The summed E-state index contributed by atoms with van der Waals surface area (Å²) in [6.45, 7) is 5.26. The quantitative estimate of drug-likeness (QED) is 0.593. The van der Waals surface area contributed by atoms with E-state index >= 15 is 0 Å². The van der Waals surface area contributed by atoms with Crippen LogP contribution >= 0.6 is 0 Å². The number of nitrogens with one attached hydrogen (secondary N) is 2. The highest BCUT2D eigenvalue weighted by Gasteiger charge is 2.20. The van der Waals surface area contributed by atoms with E-state index in [9.17, 15) is 8.42 Å². The summed E-state index contributed by atoms with van der Waals surface area (Å²) in [5, 5.41) is 0.